The molecule has 0 saturated carbocycles. The van der Waals surface area contributed by atoms with Crippen LogP contribution in [0, 0.1) is 12.7 Å². The maximum Gasteiger partial charge on any atom is 0.170 e. The second-order valence-electron chi connectivity index (χ2n) is 6.82. The zero-order chi connectivity index (χ0) is 19.0. The first kappa shape index (κ1) is 18.5. The van der Waals surface area contributed by atoms with Crippen molar-refractivity contribution in [2.75, 3.05) is 38.1 Å². The summed E-state index contributed by atoms with van der Waals surface area (Å²) < 4.78 is 21.6. The van der Waals surface area contributed by atoms with Gasteiger partial charge in [-0.2, -0.15) is 0 Å². The van der Waals surface area contributed by atoms with E-state index >= 15 is 0 Å². The van der Waals surface area contributed by atoms with E-state index in [4.69, 9.17) is 16.3 Å². The van der Waals surface area contributed by atoms with E-state index in [2.05, 4.69) is 21.8 Å². The summed E-state index contributed by atoms with van der Waals surface area (Å²) in [5.74, 6) is -0.0294. The Morgan fingerprint density at radius 1 is 1.19 bits per heavy atom. The molecule has 7 heteroatoms. The quantitative estimate of drug-likeness (QED) is 0.627. The number of thiazole rings is 1. The first-order valence-electron chi connectivity index (χ1n) is 8.91. The van der Waals surface area contributed by atoms with Crippen LogP contribution in [0.15, 0.2) is 30.3 Å². The third-order valence-corrected chi connectivity index (χ3v) is 6.16. The Morgan fingerprint density at radius 2 is 1.96 bits per heavy atom. The van der Waals surface area contributed by atoms with Crippen molar-refractivity contribution in [2.24, 2.45) is 0 Å². The molecule has 0 aliphatic carbocycles. The molecule has 1 saturated heterocycles. The van der Waals surface area contributed by atoms with Crippen LogP contribution >= 0.6 is 22.9 Å². The van der Waals surface area contributed by atoms with Crippen LogP contribution in [0.3, 0.4) is 0 Å². The zero-order valence-corrected chi connectivity index (χ0v) is 16.9. The SMILES string of the molecule is Cc1c(N2CCN(C)CC2)ccc(OCc2nc3cc(Cl)ccc3s2)c1F. The normalized spacial score (nSPS) is 15.5. The molecule has 2 aromatic carbocycles. The molecule has 1 aliphatic rings. The van der Waals surface area contributed by atoms with Gasteiger partial charge in [0.2, 0.25) is 0 Å². The molecule has 3 aromatic rings. The van der Waals surface area contributed by atoms with Gasteiger partial charge in [0.1, 0.15) is 11.6 Å². The molecule has 0 unspecified atom stereocenters. The number of ether oxygens (including phenoxy) is 1. The fraction of sp³-hybridized carbons (Fsp3) is 0.350. The molecule has 27 heavy (non-hydrogen) atoms. The van der Waals surface area contributed by atoms with Gasteiger partial charge in [-0.25, -0.2) is 9.37 Å². The summed E-state index contributed by atoms with van der Waals surface area (Å²) in [6, 6.07) is 9.28. The minimum atomic E-state index is -0.296. The standard InChI is InChI=1S/C20H21ClFN3OS/c1-13-16(25-9-7-24(2)8-10-25)4-5-17(20(13)22)26-12-19-23-15-11-14(21)3-6-18(15)27-19/h3-6,11H,7-10,12H2,1-2H3. The Kier molecular flexibility index (Phi) is 5.21. The number of aromatic nitrogens is 1. The molecule has 1 fully saturated rings. The number of piperazine rings is 1. The average Bonchev–Trinajstić information content (AvgIpc) is 3.06. The lowest BCUT2D eigenvalue weighted by atomic mass is 10.1. The molecule has 0 atom stereocenters. The van der Waals surface area contributed by atoms with Gasteiger partial charge in [0, 0.05) is 42.5 Å². The minimum absolute atomic E-state index is 0.237. The molecular formula is C20H21ClFN3OS. The summed E-state index contributed by atoms with van der Waals surface area (Å²) in [6.07, 6.45) is 0. The summed E-state index contributed by atoms with van der Waals surface area (Å²) in [6.45, 7) is 5.84. The van der Waals surface area contributed by atoms with Crippen LogP contribution in [-0.2, 0) is 6.61 Å². The molecule has 4 rings (SSSR count). The minimum Gasteiger partial charge on any atom is -0.483 e. The van der Waals surface area contributed by atoms with E-state index in [0.29, 0.717) is 10.6 Å². The van der Waals surface area contributed by atoms with Gasteiger partial charge in [-0.3, -0.25) is 0 Å². The molecule has 2 heterocycles. The number of fused-ring (bicyclic) bond motifs is 1. The van der Waals surface area contributed by atoms with Crippen molar-refractivity contribution >= 4 is 38.8 Å². The Morgan fingerprint density at radius 3 is 2.74 bits per heavy atom. The van der Waals surface area contributed by atoms with E-state index in [1.165, 1.54) is 11.3 Å². The number of halogens is 2. The van der Waals surface area contributed by atoms with Gasteiger partial charge in [-0.05, 0) is 44.3 Å². The third-order valence-electron chi connectivity index (χ3n) is 4.91. The molecule has 0 spiro atoms. The molecule has 4 nitrogen and oxygen atoms in total. The van der Waals surface area contributed by atoms with Gasteiger partial charge in [-0.15, -0.1) is 11.3 Å². The number of hydrogen-bond donors (Lipinski definition) is 0. The van der Waals surface area contributed by atoms with Crippen LogP contribution in [0.4, 0.5) is 10.1 Å². The van der Waals surface area contributed by atoms with Gasteiger partial charge < -0.3 is 14.5 Å². The lowest BCUT2D eigenvalue weighted by Crippen LogP contribution is -2.44. The van der Waals surface area contributed by atoms with Gasteiger partial charge in [0.05, 0.1) is 10.2 Å². The van der Waals surface area contributed by atoms with E-state index in [1.807, 2.05) is 31.2 Å². The van der Waals surface area contributed by atoms with Gasteiger partial charge in [-0.1, -0.05) is 11.6 Å². The summed E-state index contributed by atoms with van der Waals surface area (Å²) >= 11 is 7.53. The highest BCUT2D eigenvalue weighted by atomic mass is 35.5. The van der Waals surface area contributed by atoms with E-state index in [-0.39, 0.29) is 18.2 Å². The van der Waals surface area contributed by atoms with E-state index in [0.717, 1.165) is 47.1 Å². The van der Waals surface area contributed by atoms with Crippen molar-refractivity contribution in [1.29, 1.82) is 0 Å². The van der Waals surface area contributed by atoms with Crippen LogP contribution in [0.5, 0.6) is 5.75 Å². The number of anilines is 1. The molecule has 0 N–H and O–H groups in total. The van der Waals surface area contributed by atoms with Crippen LogP contribution in [0.25, 0.3) is 10.2 Å². The fourth-order valence-corrected chi connectivity index (χ4v) is 4.33. The number of benzene rings is 2. The number of nitrogens with zero attached hydrogens (tertiary/aromatic N) is 3. The maximum absolute atomic E-state index is 14.9. The topological polar surface area (TPSA) is 28.6 Å². The van der Waals surface area contributed by atoms with Crippen molar-refractivity contribution < 1.29 is 9.13 Å². The number of hydrogen-bond acceptors (Lipinski definition) is 5. The van der Waals surface area contributed by atoms with Gasteiger partial charge in [0.25, 0.3) is 0 Å². The summed E-state index contributed by atoms with van der Waals surface area (Å²) in [5, 5.41) is 1.45. The highest BCUT2D eigenvalue weighted by Crippen LogP contribution is 2.31. The van der Waals surface area contributed by atoms with Gasteiger partial charge >= 0.3 is 0 Å². The Labute approximate surface area is 167 Å². The fourth-order valence-electron chi connectivity index (χ4n) is 3.30. The molecule has 0 amide bonds. The molecule has 0 bridgehead atoms. The highest BCUT2D eigenvalue weighted by molar-refractivity contribution is 7.18. The van der Waals surface area contributed by atoms with Crippen LogP contribution in [0.2, 0.25) is 5.02 Å². The molecule has 142 valence electrons. The monoisotopic (exact) mass is 405 g/mol. The highest BCUT2D eigenvalue weighted by Gasteiger charge is 2.19. The van der Waals surface area contributed by atoms with Gasteiger partial charge in [0.15, 0.2) is 11.6 Å². The van der Waals surface area contributed by atoms with Crippen molar-refractivity contribution in [3.8, 4) is 5.75 Å². The summed E-state index contributed by atoms with van der Waals surface area (Å²) in [5.41, 5.74) is 2.42. The van der Waals surface area contributed by atoms with Crippen molar-refractivity contribution in [3.05, 3.63) is 51.7 Å². The smallest absolute Gasteiger partial charge is 0.170 e. The largest absolute Gasteiger partial charge is 0.483 e. The van der Waals surface area contributed by atoms with Crippen molar-refractivity contribution in [1.82, 2.24) is 9.88 Å². The zero-order valence-electron chi connectivity index (χ0n) is 15.3. The first-order chi connectivity index (χ1) is 13.0. The van der Waals surface area contributed by atoms with Crippen LogP contribution in [-0.4, -0.2) is 43.1 Å². The third kappa shape index (κ3) is 3.88. The lowest BCUT2D eigenvalue weighted by molar-refractivity contribution is 0.289. The maximum atomic E-state index is 14.9. The molecule has 1 aromatic heterocycles. The van der Waals surface area contributed by atoms with E-state index < -0.39 is 0 Å². The number of likely N-dealkylation sites (N-methyl/N-ethyl adjacent to an activating group) is 1. The molecule has 1 aliphatic heterocycles. The predicted octanol–water partition coefficient (Wildman–Crippen LogP) is 4.73. The summed E-state index contributed by atoms with van der Waals surface area (Å²) in [4.78, 5) is 9.03. The number of rotatable bonds is 4. The van der Waals surface area contributed by atoms with Crippen molar-refractivity contribution in [2.45, 2.75) is 13.5 Å². The summed E-state index contributed by atoms with van der Waals surface area (Å²) in [7, 11) is 2.11. The first-order valence-corrected chi connectivity index (χ1v) is 10.1. The Hall–Kier alpha value is -1.89. The Bertz CT molecular complexity index is 969. The second-order valence-corrected chi connectivity index (χ2v) is 8.37. The average molecular weight is 406 g/mol. The molecular weight excluding hydrogens is 385 g/mol. The van der Waals surface area contributed by atoms with Crippen molar-refractivity contribution in [3.63, 3.8) is 0 Å². The Balaban J connectivity index is 1.49. The molecule has 0 radical (unpaired) electrons. The predicted molar refractivity (Wildman–Crippen MR) is 110 cm³/mol. The lowest BCUT2D eigenvalue weighted by Gasteiger charge is -2.35. The van der Waals surface area contributed by atoms with E-state index in [9.17, 15) is 4.39 Å². The van der Waals surface area contributed by atoms with Crippen LogP contribution < -0.4 is 9.64 Å². The second kappa shape index (κ2) is 7.62. The van der Waals surface area contributed by atoms with Crippen LogP contribution in [0.1, 0.15) is 10.6 Å². The van der Waals surface area contributed by atoms with E-state index in [1.54, 1.807) is 6.07 Å².